The van der Waals surface area contributed by atoms with E-state index in [0.717, 1.165) is 5.56 Å². The van der Waals surface area contributed by atoms with Gasteiger partial charge in [-0.15, -0.1) is 0 Å². The summed E-state index contributed by atoms with van der Waals surface area (Å²) < 4.78 is 22.0. The molecule has 1 N–H and O–H groups in total. The molecule has 0 atom stereocenters. The van der Waals surface area contributed by atoms with E-state index in [-0.39, 0.29) is 40.3 Å². The minimum Gasteiger partial charge on any atom is -0.480 e. The molecule has 0 radical (unpaired) electrons. The van der Waals surface area contributed by atoms with Gasteiger partial charge in [-0.3, -0.25) is 24.1 Å². The van der Waals surface area contributed by atoms with Crippen LogP contribution in [0.4, 0.5) is 10.1 Å². The predicted octanol–water partition coefficient (Wildman–Crippen LogP) is 3.84. The SMILES string of the molecule is CCN(C=O)/C(CO)=N\N(C)c1cc2c(C(C)C)cn(-c3c(C)cnc(OC)c3Cl)c(=O)c2cc1F. The molecule has 11 heteroatoms. The van der Waals surface area contributed by atoms with E-state index < -0.39 is 18.0 Å². The zero-order chi connectivity index (χ0) is 26.7. The largest absolute Gasteiger partial charge is 0.480 e. The predicted molar refractivity (Wildman–Crippen MR) is 139 cm³/mol. The lowest BCUT2D eigenvalue weighted by atomic mass is 9.97. The number of amidine groups is 1. The molecule has 2 heterocycles. The molecule has 36 heavy (non-hydrogen) atoms. The van der Waals surface area contributed by atoms with Gasteiger partial charge in [0.05, 0.1) is 23.9 Å². The van der Waals surface area contributed by atoms with Crippen molar-refractivity contribution < 1.29 is 19.0 Å². The summed E-state index contributed by atoms with van der Waals surface area (Å²) in [6.07, 6.45) is 3.79. The number of hydrogen-bond donors (Lipinski definition) is 1. The normalized spacial score (nSPS) is 11.8. The van der Waals surface area contributed by atoms with Crippen LogP contribution in [0.25, 0.3) is 16.5 Å². The Kier molecular flexibility index (Phi) is 8.31. The molecule has 1 aromatic carbocycles. The van der Waals surface area contributed by atoms with Crippen LogP contribution in [0.5, 0.6) is 5.88 Å². The summed E-state index contributed by atoms with van der Waals surface area (Å²) in [4.78, 5) is 30.2. The third-order valence-electron chi connectivity index (χ3n) is 5.87. The van der Waals surface area contributed by atoms with Gasteiger partial charge >= 0.3 is 0 Å². The Hall–Kier alpha value is -3.50. The summed E-state index contributed by atoms with van der Waals surface area (Å²) in [5.74, 6) is -0.494. The summed E-state index contributed by atoms with van der Waals surface area (Å²) in [5.41, 5.74) is 1.45. The topological polar surface area (TPSA) is 100 Å². The molecular formula is C25H29ClFN5O4. The molecule has 0 saturated carbocycles. The molecule has 0 bridgehead atoms. The van der Waals surface area contributed by atoms with Crippen molar-refractivity contribution in [1.82, 2.24) is 14.5 Å². The standard InChI is InChI=1S/C25H29ClFN5O4/c1-7-31(13-34)21(12-33)29-30(5)20-9-16-17(8-19(20)27)25(35)32(11-18(16)14(2)3)23-15(4)10-28-24(36-6)22(23)26/h8-11,13-14,33H,7,12H2,1-6H3/b29-21-. The number of hydrazone groups is 1. The minimum atomic E-state index is -0.695. The molecule has 1 amide bonds. The van der Waals surface area contributed by atoms with Gasteiger partial charge in [-0.2, -0.15) is 5.10 Å². The molecule has 2 aromatic heterocycles. The van der Waals surface area contributed by atoms with Crippen molar-refractivity contribution in [2.24, 2.45) is 5.10 Å². The maximum Gasteiger partial charge on any atom is 0.263 e. The number of aliphatic hydroxyl groups is 1. The average molecular weight is 518 g/mol. The van der Waals surface area contributed by atoms with E-state index in [9.17, 15) is 14.7 Å². The number of carbonyl (C=O) groups is 1. The van der Waals surface area contributed by atoms with Gasteiger partial charge in [0.25, 0.3) is 5.56 Å². The second-order valence-corrected chi connectivity index (χ2v) is 8.84. The fourth-order valence-electron chi connectivity index (χ4n) is 3.96. The zero-order valence-corrected chi connectivity index (χ0v) is 21.8. The van der Waals surface area contributed by atoms with Crippen molar-refractivity contribution in [3.63, 3.8) is 0 Å². The quantitative estimate of drug-likeness (QED) is 0.211. The number of ether oxygens (including phenoxy) is 1. The summed E-state index contributed by atoms with van der Waals surface area (Å²) in [6.45, 7) is 7.20. The fraction of sp³-hybridized carbons (Fsp3) is 0.360. The van der Waals surface area contributed by atoms with Crippen LogP contribution in [-0.4, -0.2) is 59.1 Å². The van der Waals surface area contributed by atoms with Gasteiger partial charge in [-0.25, -0.2) is 9.37 Å². The molecule has 9 nitrogen and oxygen atoms in total. The number of methoxy groups -OCH3 is 1. The highest BCUT2D eigenvalue weighted by Crippen LogP contribution is 2.34. The number of halogens is 2. The Morgan fingerprint density at radius 1 is 1.36 bits per heavy atom. The number of aromatic nitrogens is 2. The minimum absolute atomic E-state index is 0.0343. The summed E-state index contributed by atoms with van der Waals surface area (Å²) in [6, 6.07) is 2.71. The highest BCUT2D eigenvalue weighted by Gasteiger charge is 2.21. The number of pyridine rings is 2. The molecule has 0 aliphatic carbocycles. The van der Waals surface area contributed by atoms with Crippen molar-refractivity contribution in [3.05, 3.63) is 56.8 Å². The van der Waals surface area contributed by atoms with Gasteiger partial charge in [0.2, 0.25) is 12.3 Å². The molecule has 0 aliphatic heterocycles. The molecule has 0 fully saturated rings. The number of fused-ring (bicyclic) bond motifs is 1. The number of carbonyl (C=O) groups excluding carboxylic acids is 1. The summed E-state index contributed by atoms with van der Waals surface area (Å²) in [5, 5.41) is 16.0. The Bertz CT molecular complexity index is 1390. The first-order chi connectivity index (χ1) is 17.1. The summed E-state index contributed by atoms with van der Waals surface area (Å²) >= 11 is 6.52. The fourth-order valence-corrected chi connectivity index (χ4v) is 4.33. The number of aliphatic hydroxyl groups excluding tert-OH is 1. The van der Waals surface area contributed by atoms with E-state index in [4.69, 9.17) is 16.3 Å². The average Bonchev–Trinajstić information content (AvgIpc) is 2.85. The first-order valence-corrected chi connectivity index (χ1v) is 11.7. The van der Waals surface area contributed by atoms with Crippen LogP contribution >= 0.6 is 11.6 Å². The third kappa shape index (κ3) is 4.91. The number of benzene rings is 1. The number of anilines is 1. The Morgan fingerprint density at radius 3 is 2.61 bits per heavy atom. The molecule has 3 aromatic rings. The number of likely N-dealkylation sites (N-methyl/N-ethyl adjacent to an activating group) is 1. The maximum absolute atomic E-state index is 15.4. The van der Waals surface area contributed by atoms with Crippen LogP contribution in [0.1, 0.15) is 37.8 Å². The number of nitrogens with zero attached hydrogens (tertiary/aromatic N) is 5. The molecule has 0 unspecified atom stereocenters. The monoisotopic (exact) mass is 517 g/mol. The number of amides is 1. The van der Waals surface area contributed by atoms with E-state index in [1.807, 2.05) is 13.8 Å². The van der Waals surface area contributed by atoms with Crippen LogP contribution in [0.3, 0.4) is 0 Å². The van der Waals surface area contributed by atoms with Gasteiger partial charge in [-0.05, 0) is 48.4 Å². The van der Waals surface area contributed by atoms with Crippen LogP contribution in [0, 0.1) is 12.7 Å². The lowest BCUT2D eigenvalue weighted by Crippen LogP contribution is -2.34. The molecule has 0 spiro atoms. The molecule has 0 aliphatic rings. The first-order valence-electron chi connectivity index (χ1n) is 11.3. The van der Waals surface area contributed by atoms with Crippen molar-refractivity contribution in [2.75, 3.05) is 32.3 Å². The first kappa shape index (κ1) is 27.1. The zero-order valence-electron chi connectivity index (χ0n) is 21.0. The lowest BCUT2D eigenvalue weighted by Gasteiger charge is -2.22. The van der Waals surface area contributed by atoms with E-state index in [2.05, 4.69) is 10.1 Å². The van der Waals surface area contributed by atoms with Gasteiger partial charge in [0.15, 0.2) is 5.84 Å². The smallest absolute Gasteiger partial charge is 0.263 e. The number of aryl methyl sites for hydroxylation is 1. The number of hydrogen-bond acceptors (Lipinski definition) is 7. The van der Waals surface area contributed by atoms with Crippen LogP contribution in [0.2, 0.25) is 5.02 Å². The molecule has 0 saturated heterocycles. The Morgan fingerprint density at radius 2 is 2.06 bits per heavy atom. The van der Waals surface area contributed by atoms with Crippen LogP contribution in [0.15, 0.2) is 34.4 Å². The van der Waals surface area contributed by atoms with E-state index >= 15 is 4.39 Å². The highest BCUT2D eigenvalue weighted by atomic mass is 35.5. The summed E-state index contributed by atoms with van der Waals surface area (Å²) in [7, 11) is 2.93. The van der Waals surface area contributed by atoms with E-state index in [1.54, 1.807) is 32.3 Å². The molecule has 3 rings (SSSR count). The van der Waals surface area contributed by atoms with Crippen molar-refractivity contribution in [1.29, 1.82) is 0 Å². The van der Waals surface area contributed by atoms with Crippen molar-refractivity contribution >= 4 is 40.3 Å². The van der Waals surface area contributed by atoms with Crippen molar-refractivity contribution in [3.8, 4) is 11.6 Å². The van der Waals surface area contributed by atoms with Gasteiger partial charge in [0.1, 0.15) is 17.4 Å². The van der Waals surface area contributed by atoms with Gasteiger partial charge < -0.3 is 9.84 Å². The number of rotatable bonds is 8. The molecule has 192 valence electrons. The third-order valence-corrected chi connectivity index (χ3v) is 6.21. The van der Waals surface area contributed by atoms with Crippen molar-refractivity contribution in [2.45, 2.75) is 33.6 Å². The maximum atomic E-state index is 15.4. The van der Waals surface area contributed by atoms with Crippen LogP contribution in [-0.2, 0) is 4.79 Å². The van der Waals surface area contributed by atoms with Crippen LogP contribution < -0.4 is 15.3 Å². The Labute approximate surface area is 213 Å². The van der Waals surface area contributed by atoms with Gasteiger partial charge in [0, 0.05) is 26.0 Å². The van der Waals surface area contributed by atoms with E-state index in [0.29, 0.717) is 23.0 Å². The second kappa shape index (κ2) is 11.0. The Balaban J connectivity index is 2.30. The molecular weight excluding hydrogens is 489 g/mol. The lowest BCUT2D eigenvalue weighted by molar-refractivity contribution is -0.114. The van der Waals surface area contributed by atoms with E-state index in [1.165, 1.54) is 34.7 Å². The second-order valence-electron chi connectivity index (χ2n) is 8.47. The van der Waals surface area contributed by atoms with Gasteiger partial charge in [-0.1, -0.05) is 25.4 Å². The highest BCUT2D eigenvalue weighted by molar-refractivity contribution is 6.33.